The van der Waals surface area contributed by atoms with E-state index in [9.17, 15) is 4.79 Å². The molecule has 3 nitrogen and oxygen atoms in total. The van der Waals surface area contributed by atoms with Gasteiger partial charge in [0.2, 0.25) is 0 Å². The molecule has 2 N–H and O–H groups in total. The molecule has 1 saturated carbocycles. The van der Waals surface area contributed by atoms with E-state index in [0.717, 1.165) is 30.6 Å². The van der Waals surface area contributed by atoms with Crippen molar-refractivity contribution in [3.05, 3.63) is 51.7 Å². The number of hydrogen-bond donors (Lipinski definition) is 2. The Hall–Kier alpha value is -1.81. The van der Waals surface area contributed by atoms with Crippen molar-refractivity contribution in [2.45, 2.75) is 32.4 Å². The Labute approximate surface area is 123 Å². The van der Waals surface area contributed by atoms with E-state index in [1.807, 2.05) is 24.3 Å². The number of hydrogen-bond acceptors (Lipinski definition) is 3. The maximum atomic E-state index is 12.0. The molecule has 0 atom stereocenters. The average Bonchev–Trinajstić information content (AvgIpc) is 3.17. The van der Waals surface area contributed by atoms with Crippen LogP contribution in [0.2, 0.25) is 0 Å². The SMILES string of the molecule is Cc1ccsc1CNc1cccc(C(=O)NC2CC2)c1. The summed E-state index contributed by atoms with van der Waals surface area (Å²) in [6.07, 6.45) is 2.22. The number of carbonyl (C=O) groups excluding carboxylic acids is 1. The van der Waals surface area contributed by atoms with E-state index in [2.05, 4.69) is 29.0 Å². The van der Waals surface area contributed by atoms with E-state index in [0.29, 0.717) is 6.04 Å². The molecule has 1 aromatic heterocycles. The topological polar surface area (TPSA) is 41.1 Å². The first-order valence-electron chi connectivity index (χ1n) is 6.90. The molecule has 0 aliphatic heterocycles. The normalized spacial score (nSPS) is 14.1. The summed E-state index contributed by atoms with van der Waals surface area (Å²) in [6, 6.07) is 10.2. The quantitative estimate of drug-likeness (QED) is 0.882. The summed E-state index contributed by atoms with van der Waals surface area (Å²) in [5.41, 5.74) is 3.02. The second kappa shape index (κ2) is 5.67. The average molecular weight is 286 g/mol. The standard InChI is InChI=1S/C16H18N2OS/c1-11-7-8-20-15(11)10-17-14-4-2-3-12(9-14)16(19)18-13-5-6-13/h2-4,7-9,13,17H,5-6,10H2,1H3,(H,18,19). The Morgan fingerprint density at radius 2 is 2.20 bits per heavy atom. The van der Waals surface area contributed by atoms with E-state index < -0.39 is 0 Å². The number of thiophene rings is 1. The van der Waals surface area contributed by atoms with Crippen molar-refractivity contribution < 1.29 is 4.79 Å². The lowest BCUT2D eigenvalue weighted by Crippen LogP contribution is -2.25. The summed E-state index contributed by atoms with van der Waals surface area (Å²) in [6.45, 7) is 2.92. The Morgan fingerprint density at radius 3 is 2.90 bits per heavy atom. The van der Waals surface area contributed by atoms with Crippen molar-refractivity contribution >= 4 is 22.9 Å². The highest BCUT2D eigenvalue weighted by Crippen LogP contribution is 2.21. The highest BCUT2D eigenvalue weighted by atomic mass is 32.1. The molecule has 20 heavy (non-hydrogen) atoms. The van der Waals surface area contributed by atoms with Crippen LogP contribution < -0.4 is 10.6 Å². The Morgan fingerprint density at radius 1 is 1.35 bits per heavy atom. The molecule has 0 spiro atoms. The van der Waals surface area contributed by atoms with Gasteiger partial charge in [0.15, 0.2) is 0 Å². The van der Waals surface area contributed by atoms with Crippen molar-refractivity contribution in [3.8, 4) is 0 Å². The Balaban J connectivity index is 1.64. The van der Waals surface area contributed by atoms with Crippen LogP contribution in [0.15, 0.2) is 35.7 Å². The van der Waals surface area contributed by atoms with Crippen LogP contribution in [0, 0.1) is 6.92 Å². The lowest BCUT2D eigenvalue weighted by atomic mass is 10.2. The Bertz CT molecular complexity index is 616. The molecular formula is C16H18N2OS. The maximum Gasteiger partial charge on any atom is 0.251 e. The summed E-state index contributed by atoms with van der Waals surface area (Å²) in [5, 5.41) is 8.50. The number of nitrogens with one attached hydrogen (secondary N) is 2. The van der Waals surface area contributed by atoms with Gasteiger partial charge in [-0.1, -0.05) is 6.07 Å². The molecule has 4 heteroatoms. The van der Waals surface area contributed by atoms with E-state index in [1.54, 1.807) is 11.3 Å². The molecule has 1 amide bonds. The summed E-state index contributed by atoms with van der Waals surface area (Å²) in [7, 11) is 0. The highest BCUT2D eigenvalue weighted by Gasteiger charge is 2.23. The van der Waals surface area contributed by atoms with Crippen molar-refractivity contribution in [1.82, 2.24) is 5.32 Å². The van der Waals surface area contributed by atoms with Crippen molar-refractivity contribution in [1.29, 1.82) is 0 Å². The molecule has 2 aromatic rings. The van der Waals surface area contributed by atoms with E-state index >= 15 is 0 Å². The minimum Gasteiger partial charge on any atom is -0.380 e. The van der Waals surface area contributed by atoms with Gasteiger partial charge in [-0.2, -0.15) is 0 Å². The van der Waals surface area contributed by atoms with Crippen LogP contribution in [0.5, 0.6) is 0 Å². The van der Waals surface area contributed by atoms with Crippen LogP contribution in [0.1, 0.15) is 33.6 Å². The summed E-state index contributed by atoms with van der Waals surface area (Å²) < 4.78 is 0. The van der Waals surface area contributed by atoms with Crippen LogP contribution in [0.25, 0.3) is 0 Å². The second-order valence-electron chi connectivity index (χ2n) is 5.21. The minimum atomic E-state index is 0.0310. The van der Waals surface area contributed by atoms with Gasteiger partial charge in [-0.15, -0.1) is 11.3 Å². The van der Waals surface area contributed by atoms with Gasteiger partial charge in [-0.25, -0.2) is 0 Å². The van der Waals surface area contributed by atoms with Gasteiger partial charge in [-0.3, -0.25) is 4.79 Å². The first-order valence-corrected chi connectivity index (χ1v) is 7.78. The predicted octanol–water partition coefficient (Wildman–Crippen LogP) is 3.56. The second-order valence-corrected chi connectivity index (χ2v) is 6.21. The number of rotatable bonds is 5. The minimum absolute atomic E-state index is 0.0310. The fourth-order valence-electron chi connectivity index (χ4n) is 2.03. The van der Waals surface area contributed by atoms with Crippen LogP contribution in [0.4, 0.5) is 5.69 Å². The van der Waals surface area contributed by atoms with Crippen molar-refractivity contribution in [3.63, 3.8) is 0 Å². The number of amides is 1. The molecule has 0 bridgehead atoms. The van der Waals surface area contributed by atoms with Gasteiger partial charge < -0.3 is 10.6 Å². The first-order chi connectivity index (χ1) is 9.72. The summed E-state index contributed by atoms with van der Waals surface area (Å²) in [4.78, 5) is 13.3. The summed E-state index contributed by atoms with van der Waals surface area (Å²) >= 11 is 1.75. The highest BCUT2D eigenvalue weighted by molar-refractivity contribution is 7.10. The van der Waals surface area contributed by atoms with Gasteiger partial charge in [0, 0.05) is 28.7 Å². The molecule has 0 saturated heterocycles. The molecule has 1 heterocycles. The molecule has 0 radical (unpaired) electrons. The molecule has 1 aliphatic rings. The number of benzene rings is 1. The van der Waals surface area contributed by atoms with Gasteiger partial charge in [0.05, 0.1) is 0 Å². The van der Waals surface area contributed by atoms with Gasteiger partial charge in [0.1, 0.15) is 0 Å². The van der Waals surface area contributed by atoms with Gasteiger partial charge in [0.25, 0.3) is 5.91 Å². The number of carbonyl (C=O) groups is 1. The summed E-state index contributed by atoms with van der Waals surface area (Å²) in [5.74, 6) is 0.0310. The lowest BCUT2D eigenvalue weighted by molar-refractivity contribution is 0.0951. The number of aryl methyl sites for hydroxylation is 1. The van der Waals surface area contributed by atoms with E-state index in [4.69, 9.17) is 0 Å². The maximum absolute atomic E-state index is 12.0. The molecule has 3 rings (SSSR count). The van der Waals surface area contributed by atoms with Crippen LogP contribution >= 0.6 is 11.3 Å². The fraction of sp³-hybridized carbons (Fsp3) is 0.312. The predicted molar refractivity (Wildman–Crippen MR) is 83.3 cm³/mol. The zero-order valence-corrected chi connectivity index (χ0v) is 12.3. The molecule has 0 unspecified atom stereocenters. The van der Waals surface area contributed by atoms with Gasteiger partial charge >= 0.3 is 0 Å². The third kappa shape index (κ3) is 3.20. The van der Waals surface area contributed by atoms with Crippen molar-refractivity contribution in [2.24, 2.45) is 0 Å². The van der Waals surface area contributed by atoms with E-state index in [-0.39, 0.29) is 5.91 Å². The van der Waals surface area contributed by atoms with Crippen LogP contribution in [-0.2, 0) is 6.54 Å². The molecular weight excluding hydrogens is 268 g/mol. The fourth-order valence-corrected chi connectivity index (χ4v) is 2.88. The zero-order chi connectivity index (χ0) is 13.9. The first kappa shape index (κ1) is 13.2. The smallest absolute Gasteiger partial charge is 0.251 e. The lowest BCUT2D eigenvalue weighted by Gasteiger charge is -2.08. The van der Waals surface area contributed by atoms with Crippen LogP contribution in [-0.4, -0.2) is 11.9 Å². The number of anilines is 1. The van der Waals surface area contributed by atoms with Gasteiger partial charge in [-0.05, 0) is 55.0 Å². The molecule has 1 fully saturated rings. The molecule has 104 valence electrons. The molecule has 1 aromatic carbocycles. The van der Waals surface area contributed by atoms with E-state index in [1.165, 1.54) is 10.4 Å². The third-order valence-corrected chi connectivity index (χ3v) is 4.48. The monoisotopic (exact) mass is 286 g/mol. The van der Waals surface area contributed by atoms with Crippen molar-refractivity contribution in [2.75, 3.05) is 5.32 Å². The largest absolute Gasteiger partial charge is 0.380 e. The zero-order valence-electron chi connectivity index (χ0n) is 11.5. The van der Waals surface area contributed by atoms with Crippen LogP contribution in [0.3, 0.4) is 0 Å². The third-order valence-electron chi connectivity index (χ3n) is 3.46. The molecule has 1 aliphatic carbocycles. The Kier molecular flexibility index (Phi) is 3.74.